The quantitative estimate of drug-likeness (QED) is 0.381. The van der Waals surface area contributed by atoms with Crippen LogP contribution in [0.5, 0.6) is 0 Å². The van der Waals surface area contributed by atoms with Crippen molar-refractivity contribution in [3.63, 3.8) is 0 Å². The van der Waals surface area contributed by atoms with Gasteiger partial charge >= 0.3 is 0 Å². The fourth-order valence-corrected chi connectivity index (χ4v) is 3.09. The van der Waals surface area contributed by atoms with E-state index in [4.69, 9.17) is 0 Å². The molecular formula is C11H22NO4+. The minimum atomic E-state index is -1.23. The molecule has 5 heteroatoms. The number of aliphatic hydroxyl groups is 4. The van der Waals surface area contributed by atoms with E-state index >= 15 is 0 Å². The van der Waals surface area contributed by atoms with Gasteiger partial charge in [0.15, 0.2) is 0 Å². The van der Waals surface area contributed by atoms with E-state index in [2.05, 4.69) is 0 Å². The van der Waals surface area contributed by atoms with Crippen molar-refractivity contribution in [1.29, 1.82) is 0 Å². The first kappa shape index (κ1) is 12.3. The van der Waals surface area contributed by atoms with E-state index in [0.29, 0.717) is 17.6 Å². The van der Waals surface area contributed by atoms with Gasteiger partial charge in [-0.1, -0.05) is 0 Å². The molecule has 94 valence electrons. The molecule has 2 aliphatic heterocycles. The second-order valence-corrected chi connectivity index (χ2v) is 5.33. The summed E-state index contributed by atoms with van der Waals surface area (Å²) in [5.74, 6) is 0. The summed E-state index contributed by atoms with van der Waals surface area (Å²) in [5, 5.41) is 38.9. The molecule has 0 aromatic rings. The van der Waals surface area contributed by atoms with Crippen LogP contribution in [0, 0.1) is 0 Å². The molecule has 1 spiro atoms. The lowest BCUT2D eigenvalue weighted by molar-refractivity contribution is -0.936. The highest BCUT2D eigenvalue weighted by Gasteiger charge is 2.45. The number of rotatable bonds is 0. The van der Waals surface area contributed by atoms with Crippen LogP contribution in [-0.2, 0) is 0 Å². The minimum Gasteiger partial charge on any atom is -0.387 e. The van der Waals surface area contributed by atoms with Crippen LogP contribution in [-0.4, -0.2) is 75.5 Å². The van der Waals surface area contributed by atoms with E-state index in [9.17, 15) is 20.4 Å². The molecule has 0 bridgehead atoms. The van der Waals surface area contributed by atoms with Gasteiger partial charge in [-0.3, -0.25) is 0 Å². The zero-order valence-corrected chi connectivity index (χ0v) is 9.50. The van der Waals surface area contributed by atoms with Crippen molar-refractivity contribution in [3.05, 3.63) is 0 Å². The molecule has 4 N–H and O–H groups in total. The third kappa shape index (κ3) is 2.24. The Labute approximate surface area is 95.5 Å². The van der Waals surface area contributed by atoms with Crippen LogP contribution in [0.2, 0.25) is 0 Å². The Morgan fingerprint density at radius 3 is 1.56 bits per heavy atom. The number of nitrogens with zero attached hydrogens (tertiary/aromatic N) is 1. The van der Waals surface area contributed by atoms with Crippen molar-refractivity contribution in [2.75, 3.05) is 26.2 Å². The molecule has 0 aliphatic carbocycles. The van der Waals surface area contributed by atoms with E-state index in [1.54, 1.807) is 0 Å². The van der Waals surface area contributed by atoms with Gasteiger partial charge in [0.1, 0.15) is 37.5 Å². The Morgan fingerprint density at radius 1 is 0.688 bits per heavy atom. The molecule has 4 atom stereocenters. The van der Waals surface area contributed by atoms with Gasteiger partial charge in [0.2, 0.25) is 0 Å². The average molecular weight is 232 g/mol. The smallest absolute Gasteiger partial charge is 0.131 e. The molecule has 0 aromatic carbocycles. The van der Waals surface area contributed by atoms with Crippen LogP contribution >= 0.6 is 0 Å². The van der Waals surface area contributed by atoms with E-state index in [0.717, 1.165) is 25.9 Å². The molecule has 2 rings (SSSR count). The van der Waals surface area contributed by atoms with Gasteiger partial charge in [-0.15, -0.1) is 0 Å². The number of piperidine rings is 1. The lowest BCUT2D eigenvalue weighted by Gasteiger charge is -2.42. The Morgan fingerprint density at radius 2 is 1.12 bits per heavy atom. The summed E-state index contributed by atoms with van der Waals surface area (Å²) in [7, 11) is 0. The predicted octanol–water partition coefficient (Wildman–Crippen LogP) is -1.56. The van der Waals surface area contributed by atoms with Crippen LogP contribution in [0.3, 0.4) is 0 Å². The fourth-order valence-electron chi connectivity index (χ4n) is 3.09. The number of hydrogen-bond donors (Lipinski definition) is 4. The molecular weight excluding hydrogens is 210 g/mol. The molecule has 16 heavy (non-hydrogen) atoms. The van der Waals surface area contributed by atoms with Crippen molar-refractivity contribution >= 4 is 0 Å². The average Bonchev–Trinajstić information content (AvgIpc) is 2.33. The van der Waals surface area contributed by atoms with Gasteiger partial charge in [-0.2, -0.15) is 0 Å². The third-order valence-corrected chi connectivity index (χ3v) is 4.05. The summed E-state index contributed by atoms with van der Waals surface area (Å²) < 4.78 is 0.635. The first-order valence-corrected chi connectivity index (χ1v) is 6.11. The summed E-state index contributed by atoms with van der Waals surface area (Å²) in [6.07, 6.45) is -0.964. The van der Waals surface area contributed by atoms with Crippen molar-refractivity contribution < 1.29 is 24.9 Å². The predicted molar refractivity (Wildman–Crippen MR) is 57.6 cm³/mol. The summed E-state index contributed by atoms with van der Waals surface area (Å²) in [5.41, 5.74) is 0. The van der Waals surface area contributed by atoms with Crippen molar-refractivity contribution in [2.45, 2.75) is 43.7 Å². The molecule has 0 radical (unpaired) electrons. The zero-order chi connectivity index (χ0) is 11.8. The number of aliphatic hydroxyl groups excluding tert-OH is 4. The molecule has 0 amide bonds. The van der Waals surface area contributed by atoms with Crippen LogP contribution < -0.4 is 0 Å². The van der Waals surface area contributed by atoms with E-state index < -0.39 is 24.4 Å². The van der Waals surface area contributed by atoms with Gasteiger partial charge < -0.3 is 24.9 Å². The first-order valence-electron chi connectivity index (χ1n) is 6.11. The lowest BCUT2D eigenvalue weighted by atomic mass is 10.1. The van der Waals surface area contributed by atoms with E-state index in [1.807, 2.05) is 0 Å². The van der Waals surface area contributed by atoms with Crippen molar-refractivity contribution in [1.82, 2.24) is 0 Å². The summed E-state index contributed by atoms with van der Waals surface area (Å²) in [6, 6.07) is 0. The molecule has 2 aliphatic rings. The maximum absolute atomic E-state index is 9.83. The largest absolute Gasteiger partial charge is 0.387 e. The third-order valence-electron chi connectivity index (χ3n) is 4.05. The highest BCUT2D eigenvalue weighted by molar-refractivity contribution is 4.84. The van der Waals surface area contributed by atoms with E-state index in [-0.39, 0.29) is 0 Å². The summed E-state index contributed by atoms with van der Waals surface area (Å²) in [4.78, 5) is 0. The van der Waals surface area contributed by atoms with Crippen LogP contribution in [0.1, 0.15) is 19.3 Å². The number of hydrogen-bond acceptors (Lipinski definition) is 4. The molecule has 0 unspecified atom stereocenters. The Kier molecular flexibility index (Phi) is 3.51. The molecule has 0 aromatic heterocycles. The monoisotopic (exact) mass is 232 g/mol. The standard InChI is InChI=1S/C11H22NO4/c13-8-6-12(4-2-1-3-5-12)7-9(14)11(16)10(8)15/h8-11,13-16H,1-7H2/q+1/t8-,9+,10-,11-/m1/s1. The first-order chi connectivity index (χ1) is 7.54. The maximum Gasteiger partial charge on any atom is 0.131 e. The van der Waals surface area contributed by atoms with Crippen molar-refractivity contribution in [2.24, 2.45) is 0 Å². The molecule has 2 saturated heterocycles. The van der Waals surface area contributed by atoms with Crippen molar-refractivity contribution in [3.8, 4) is 0 Å². The summed E-state index contributed by atoms with van der Waals surface area (Å²) >= 11 is 0. The minimum absolute atomic E-state index is 0.440. The topological polar surface area (TPSA) is 80.9 Å². The molecule has 2 fully saturated rings. The SMILES string of the molecule is O[C@H]1[C@H](O)[C@@H](O)C[N+]2(CCCCC2)C[C@H]1O. The van der Waals surface area contributed by atoms with Crippen LogP contribution in [0.4, 0.5) is 0 Å². The lowest BCUT2D eigenvalue weighted by Crippen LogP contribution is -2.57. The Bertz CT molecular complexity index is 224. The molecule has 2 heterocycles. The van der Waals surface area contributed by atoms with Crippen LogP contribution in [0.15, 0.2) is 0 Å². The van der Waals surface area contributed by atoms with Gasteiger partial charge in [-0.25, -0.2) is 0 Å². The molecule has 0 saturated carbocycles. The fraction of sp³-hybridized carbons (Fsp3) is 1.00. The van der Waals surface area contributed by atoms with Gasteiger partial charge in [0, 0.05) is 0 Å². The Balaban J connectivity index is 2.15. The maximum atomic E-state index is 9.83. The Hall–Kier alpha value is -0.200. The zero-order valence-electron chi connectivity index (χ0n) is 9.50. The van der Waals surface area contributed by atoms with Crippen LogP contribution in [0.25, 0.3) is 0 Å². The summed E-state index contributed by atoms with van der Waals surface area (Å²) in [6.45, 7) is 2.73. The van der Waals surface area contributed by atoms with Gasteiger partial charge in [-0.05, 0) is 19.3 Å². The highest BCUT2D eigenvalue weighted by Crippen LogP contribution is 2.25. The second kappa shape index (κ2) is 4.58. The number of quaternary nitrogens is 1. The highest BCUT2D eigenvalue weighted by atomic mass is 16.4. The van der Waals surface area contributed by atoms with Gasteiger partial charge in [0.05, 0.1) is 13.1 Å². The second-order valence-electron chi connectivity index (χ2n) is 5.33. The normalized spacial score (nSPS) is 44.2. The molecule has 5 nitrogen and oxygen atoms in total. The van der Waals surface area contributed by atoms with Gasteiger partial charge in [0.25, 0.3) is 0 Å². The van der Waals surface area contributed by atoms with E-state index in [1.165, 1.54) is 6.42 Å².